The fraction of sp³-hybridized carbons (Fsp3) is 0.171. The van der Waals surface area contributed by atoms with Gasteiger partial charge < -0.3 is 9.30 Å². The van der Waals surface area contributed by atoms with E-state index < -0.39 is 0 Å². The van der Waals surface area contributed by atoms with Crippen LogP contribution in [0.25, 0.3) is 43.4 Å². The molecule has 0 aliphatic rings. The molecule has 0 saturated carbocycles. The van der Waals surface area contributed by atoms with Gasteiger partial charge in [0.05, 0.1) is 7.11 Å². The first-order valence-electron chi connectivity index (χ1n) is 13.6. The molecule has 0 N–H and O–H groups in total. The van der Waals surface area contributed by atoms with Crippen LogP contribution in [-0.4, -0.2) is 29.2 Å². The average Bonchev–Trinajstić information content (AvgIpc) is 3.31. The van der Waals surface area contributed by atoms with Crippen molar-refractivity contribution < 1.29 is 19.1 Å². The van der Waals surface area contributed by atoms with Crippen LogP contribution in [0.1, 0.15) is 52.5 Å². The number of hydrogen-bond acceptors (Lipinski definition) is 4. The predicted octanol–water partition coefficient (Wildman–Crippen LogP) is 7.88. The lowest BCUT2D eigenvalue weighted by molar-refractivity contribution is -0.140. The van der Waals surface area contributed by atoms with E-state index in [9.17, 15) is 14.4 Å². The summed E-state index contributed by atoms with van der Waals surface area (Å²) in [5.74, 6) is -0.356. The Morgan fingerprint density at radius 2 is 1.25 bits per heavy atom. The summed E-state index contributed by atoms with van der Waals surface area (Å²) in [6.45, 7) is 2.85. The maximum atomic E-state index is 14.2. The van der Waals surface area contributed by atoms with Crippen molar-refractivity contribution in [1.82, 2.24) is 4.57 Å². The highest BCUT2D eigenvalue weighted by molar-refractivity contribution is 6.25. The monoisotopic (exact) mass is 527 g/mol. The maximum absolute atomic E-state index is 14.2. The van der Waals surface area contributed by atoms with Gasteiger partial charge >= 0.3 is 5.97 Å². The molecule has 1 aromatic heterocycles. The van der Waals surface area contributed by atoms with Crippen molar-refractivity contribution in [2.45, 2.75) is 32.7 Å². The predicted molar refractivity (Wildman–Crippen MR) is 160 cm³/mol. The number of carbonyl (C=O) groups excluding carboxylic acids is 3. The van der Waals surface area contributed by atoms with Gasteiger partial charge in [0.15, 0.2) is 11.6 Å². The number of aromatic nitrogens is 1. The Labute approximate surface area is 232 Å². The van der Waals surface area contributed by atoms with Crippen molar-refractivity contribution in [2.24, 2.45) is 0 Å². The summed E-state index contributed by atoms with van der Waals surface area (Å²) < 4.78 is 6.89. The van der Waals surface area contributed by atoms with Gasteiger partial charge in [-0.15, -0.1) is 0 Å². The molecular formula is C35H29NO4. The van der Waals surface area contributed by atoms with Gasteiger partial charge in [0.1, 0.15) is 0 Å². The maximum Gasteiger partial charge on any atom is 0.305 e. The first-order chi connectivity index (χ1) is 19.5. The first-order valence-corrected chi connectivity index (χ1v) is 13.6. The van der Waals surface area contributed by atoms with Gasteiger partial charge in [-0.3, -0.25) is 14.4 Å². The van der Waals surface area contributed by atoms with Gasteiger partial charge in [0, 0.05) is 57.9 Å². The SMILES string of the molecule is CCn1c2ccc(C(=O)CCCC(=O)OC)cc2c2cc(C(=O)c3c4ccccc4cc4ccccc34)ccc21. The van der Waals surface area contributed by atoms with Crippen molar-refractivity contribution in [3.63, 3.8) is 0 Å². The van der Waals surface area contributed by atoms with E-state index in [-0.39, 0.29) is 30.4 Å². The second-order valence-electron chi connectivity index (χ2n) is 10.1. The second-order valence-corrected chi connectivity index (χ2v) is 10.1. The molecule has 0 atom stereocenters. The molecule has 0 fully saturated rings. The summed E-state index contributed by atoms with van der Waals surface area (Å²) in [4.78, 5) is 38.6. The van der Waals surface area contributed by atoms with E-state index in [1.54, 1.807) is 0 Å². The number of aryl methyl sites for hydroxylation is 1. The molecule has 0 unspecified atom stereocenters. The zero-order chi connectivity index (χ0) is 27.8. The van der Waals surface area contributed by atoms with Gasteiger partial charge in [-0.25, -0.2) is 0 Å². The zero-order valence-electron chi connectivity index (χ0n) is 22.6. The smallest absolute Gasteiger partial charge is 0.305 e. The van der Waals surface area contributed by atoms with E-state index in [2.05, 4.69) is 22.3 Å². The van der Waals surface area contributed by atoms with E-state index in [1.807, 2.05) is 84.9 Å². The number of carbonyl (C=O) groups is 3. The number of benzene rings is 5. The normalized spacial score (nSPS) is 11.4. The first kappa shape index (κ1) is 25.5. The minimum Gasteiger partial charge on any atom is -0.469 e. The molecule has 40 heavy (non-hydrogen) atoms. The third-order valence-electron chi connectivity index (χ3n) is 7.78. The number of rotatable bonds is 8. The Hall–Kier alpha value is -4.77. The van der Waals surface area contributed by atoms with Crippen LogP contribution in [0.15, 0.2) is 91.0 Å². The highest BCUT2D eigenvalue weighted by atomic mass is 16.5. The van der Waals surface area contributed by atoms with E-state index in [0.29, 0.717) is 23.1 Å². The number of esters is 1. The van der Waals surface area contributed by atoms with Crippen molar-refractivity contribution in [2.75, 3.05) is 7.11 Å². The summed E-state index contributed by atoms with van der Waals surface area (Å²) >= 11 is 0. The Bertz CT molecular complexity index is 1910. The zero-order valence-corrected chi connectivity index (χ0v) is 22.6. The fourth-order valence-corrected chi connectivity index (χ4v) is 5.80. The van der Waals surface area contributed by atoms with E-state index in [4.69, 9.17) is 0 Å². The van der Waals surface area contributed by atoms with Crippen LogP contribution in [-0.2, 0) is 16.1 Å². The quantitative estimate of drug-likeness (QED) is 0.115. The molecule has 0 radical (unpaired) electrons. The minimum absolute atomic E-state index is 0.0161. The summed E-state index contributed by atoms with van der Waals surface area (Å²) in [5.41, 5.74) is 3.95. The van der Waals surface area contributed by atoms with Gasteiger partial charge in [-0.05, 0) is 77.4 Å². The molecule has 5 aromatic carbocycles. The summed E-state index contributed by atoms with van der Waals surface area (Å²) in [5, 5.41) is 5.81. The molecule has 0 amide bonds. The summed E-state index contributed by atoms with van der Waals surface area (Å²) in [7, 11) is 1.35. The second kappa shape index (κ2) is 10.4. The van der Waals surface area contributed by atoms with Gasteiger partial charge in [-0.1, -0.05) is 48.5 Å². The fourth-order valence-electron chi connectivity index (χ4n) is 5.80. The molecule has 0 bridgehead atoms. The molecule has 0 spiro atoms. The number of fused-ring (bicyclic) bond motifs is 5. The number of ether oxygens (including phenoxy) is 1. The number of ketones is 2. The molecule has 0 saturated heterocycles. The molecule has 0 aliphatic carbocycles. The van der Waals surface area contributed by atoms with Crippen LogP contribution in [0.2, 0.25) is 0 Å². The van der Waals surface area contributed by atoms with E-state index in [0.717, 1.165) is 49.9 Å². The van der Waals surface area contributed by atoms with Gasteiger partial charge in [0.25, 0.3) is 0 Å². The standard InChI is InChI=1S/C35H29NO4/c1-3-36-30-17-15-24(32(37)13-8-14-33(38)40-2)20-28(30)29-21-25(16-18-31(29)36)35(39)34-26-11-6-4-9-22(26)19-23-10-5-7-12-27(23)34/h4-7,9-12,15-21H,3,8,13-14H2,1-2H3. The van der Waals surface area contributed by atoms with Crippen LogP contribution < -0.4 is 0 Å². The number of nitrogens with zero attached hydrogens (tertiary/aromatic N) is 1. The third kappa shape index (κ3) is 4.34. The third-order valence-corrected chi connectivity index (χ3v) is 7.78. The Morgan fingerprint density at radius 1 is 0.675 bits per heavy atom. The largest absolute Gasteiger partial charge is 0.469 e. The number of methoxy groups -OCH3 is 1. The Balaban J connectivity index is 1.47. The lowest BCUT2D eigenvalue weighted by Gasteiger charge is -2.11. The average molecular weight is 528 g/mol. The number of hydrogen-bond donors (Lipinski definition) is 0. The lowest BCUT2D eigenvalue weighted by atomic mass is 9.91. The number of Topliss-reactive ketones (excluding diaryl/α,β-unsaturated/α-hetero) is 1. The van der Waals surface area contributed by atoms with Gasteiger partial charge in [0.2, 0.25) is 0 Å². The van der Waals surface area contributed by atoms with E-state index >= 15 is 0 Å². The van der Waals surface area contributed by atoms with Crippen molar-refractivity contribution in [3.8, 4) is 0 Å². The van der Waals surface area contributed by atoms with Crippen LogP contribution >= 0.6 is 0 Å². The van der Waals surface area contributed by atoms with Crippen LogP contribution in [0, 0.1) is 0 Å². The molecule has 5 heteroatoms. The molecule has 5 nitrogen and oxygen atoms in total. The lowest BCUT2D eigenvalue weighted by Crippen LogP contribution is -2.04. The highest BCUT2D eigenvalue weighted by Gasteiger charge is 2.19. The molecule has 198 valence electrons. The molecule has 6 aromatic rings. The van der Waals surface area contributed by atoms with E-state index in [1.165, 1.54) is 7.11 Å². The van der Waals surface area contributed by atoms with Crippen LogP contribution in [0.5, 0.6) is 0 Å². The molecule has 1 heterocycles. The van der Waals surface area contributed by atoms with Gasteiger partial charge in [-0.2, -0.15) is 0 Å². The molecular weight excluding hydrogens is 498 g/mol. The topological polar surface area (TPSA) is 65.4 Å². The van der Waals surface area contributed by atoms with Crippen LogP contribution in [0.3, 0.4) is 0 Å². The van der Waals surface area contributed by atoms with Crippen LogP contribution in [0.4, 0.5) is 0 Å². The highest BCUT2D eigenvalue weighted by Crippen LogP contribution is 2.34. The molecule has 0 aliphatic heterocycles. The van der Waals surface area contributed by atoms with Crippen molar-refractivity contribution >= 4 is 60.9 Å². The Kier molecular flexibility index (Phi) is 6.64. The van der Waals surface area contributed by atoms with Crippen molar-refractivity contribution in [3.05, 3.63) is 108 Å². The summed E-state index contributed by atoms with van der Waals surface area (Å²) in [6, 6.07) is 29.8. The van der Waals surface area contributed by atoms with Crippen molar-refractivity contribution in [1.29, 1.82) is 0 Å². The summed E-state index contributed by atoms with van der Waals surface area (Å²) in [6.07, 6.45) is 0.927. The molecule has 6 rings (SSSR count). The minimum atomic E-state index is -0.314. The Morgan fingerprint density at radius 3 is 1.85 bits per heavy atom.